The summed E-state index contributed by atoms with van der Waals surface area (Å²) in [5.74, 6) is 0.142. The summed E-state index contributed by atoms with van der Waals surface area (Å²) in [5, 5.41) is 30.2. The Morgan fingerprint density at radius 1 is 1.27 bits per heavy atom. The first kappa shape index (κ1) is 19.8. The highest BCUT2D eigenvalue weighted by atomic mass is 28.4. The number of rotatable bonds is 5. The van der Waals surface area contributed by atoms with Crippen molar-refractivity contribution in [1.29, 1.82) is 0 Å². The molecule has 0 fully saturated rings. The molecule has 0 bridgehead atoms. The van der Waals surface area contributed by atoms with E-state index >= 15 is 0 Å². The van der Waals surface area contributed by atoms with Gasteiger partial charge in [-0.1, -0.05) is 46.8 Å². The Labute approximate surface area is 136 Å². The van der Waals surface area contributed by atoms with E-state index in [1.807, 2.05) is 13.0 Å². The zero-order valence-corrected chi connectivity index (χ0v) is 16.1. The third-order valence-corrected chi connectivity index (χ3v) is 10.5. The predicted octanol–water partition coefficient (Wildman–Crippen LogP) is 2.55. The Morgan fingerprint density at radius 2 is 1.82 bits per heavy atom. The molecule has 130 valence electrons. The maximum absolute atomic E-state index is 10.4. The van der Waals surface area contributed by atoms with E-state index < -0.39 is 25.9 Å². The molecule has 0 heterocycles. The molecule has 0 saturated heterocycles. The second kappa shape index (κ2) is 6.73. The van der Waals surface area contributed by atoms with Crippen molar-refractivity contribution < 1.29 is 19.7 Å². The third-order valence-electron chi connectivity index (χ3n) is 5.99. The molecule has 1 rings (SSSR count). The van der Waals surface area contributed by atoms with Gasteiger partial charge in [-0.3, -0.25) is 0 Å². The molecule has 0 saturated carbocycles. The molecule has 0 unspecified atom stereocenters. The second-order valence-electron chi connectivity index (χ2n) is 8.43. The van der Waals surface area contributed by atoms with E-state index in [0.717, 1.165) is 0 Å². The van der Waals surface area contributed by atoms with Crippen molar-refractivity contribution in [3.63, 3.8) is 0 Å². The fraction of sp³-hybridized carbons (Fsp3) is 0.882. The minimum atomic E-state index is -1.90. The van der Waals surface area contributed by atoms with Crippen LogP contribution in [-0.2, 0) is 4.43 Å². The van der Waals surface area contributed by atoms with E-state index in [2.05, 4.69) is 40.8 Å². The average molecular weight is 331 g/mol. The Bertz CT molecular complexity index is 402. The fourth-order valence-electron chi connectivity index (χ4n) is 2.89. The molecule has 0 amide bonds. The van der Waals surface area contributed by atoms with Gasteiger partial charge < -0.3 is 19.7 Å². The Kier molecular flexibility index (Phi) is 6.07. The van der Waals surface area contributed by atoms with Crippen molar-refractivity contribution in [2.45, 2.75) is 65.0 Å². The van der Waals surface area contributed by atoms with Gasteiger partial charge in [-0.05, 0) is 30.0 Å². The SMILES string of the molecule is C[C@@H]1C=C[C@H](O)[C@](C)([C@@H](O)CO)[C@H]1CO[Si](C)(C)C(C)(C)C. The summed E-state index contributed by atoms with van der Waals surface area (Å²) in [6.45, 7) is 15.0. The Balaban J connectivity index is 3.01. The number of hydrogen-bond donors (Lipinski definition) is 3. The molecule has 0 aromatic rings. The summed E-state index contributed by atoms with van der Waals surface area (Å²) < 4.78 is 6.34. The van der Waals surface area contributed by atoms with Crippen LogP contribution in [0.1, 0.15) is 34.6 Å². The zero-order chi connectivity index (χ0) is 17.3. The standard InChI is InChI=1S/C17H34O4Si/c1-12-8-9-14(19)17(5,15(20)10-18)13(12)11-21-22(6,7)16(2,3)4/h8-9,12-15,18-20H,10-11H2,1-7H3/t12-,13+,14+,15+,17-/m1/s1. The molecule has 0 aromatic heterocycles. The molecule has 4 nitrogen and oxygen atoms in total. The smallest absolute Gasteiger partial charge is 0.191 e. The summed E-state index contributed by atoms with van der Waals surface area (Å²) in [6, 6.07) is 0. The first-order valence-electron chi connectivity index (χ1n) is 8.17. The molecule has 5 atom stereocenters. The van der Waals surface area contributed by atoms with Gasteiger partial charge >= 0.3 is 0 Å². The largest absolute Gasteiger partial charge is 0.417 e. The van der Waals surface area contributed by atoms with Crippen LogP contribution in [0.3, 0.4) is 0 Å². The predicted molar refractivity (Wildman–Crippen MR) is 92.1 cm³/mol. The van der Waals surface area contributed by atoms with Gasteiger partial charge in [0.1, 0.15) is 0 Å². The summed E-state index contributed by atoms with van der Waals surface area (Å²) >= 11 is 0. The zero-order valence-electron chi connectivity index (χ0n) is 15.1. The van der Waals surface area contributed by atoms with Crippen molar-refractivity contribution in [3.05, 3.63) is 12.2 Å². The normalized spacial score (nSPS) is 34.7. The molecule has 1 aliphatic rings. The van der Waals surface area contributed by atoms with Gasteiger partial charge in [-0.25, -0.2) is 0 Å². The van der Waals surface area contributed by atoms with Crippen LogP contribution < -0.4 is 0 Å². The van der Waals surface area contributed by atoms with Crippen LogP contribution in [-0.4, -0.2) is 49.1 Å². The van der Waals surface area contributed by atoms with E-state index in [0.29, 0.717) is 6.61 Å². The lowest BCUT2D eigenvalue weighted by Gasteiger charge is -2.49. The van der Waals surface area contributed by atoms with Gasteiger partial charge in [0.15, 0.2) is 8.32 Å². The van der Waals surface area contributed by atoms with Crippen molar-refractivity contribution in [2.24, 2.45) is 17.3 Å². The van der Waals surface area contributed by atoms with Gasteiger partial charge in [0.2, 0.25) is 0 Å². The monoisotopic (exact) mass is 330 g/mol. The lowest BCUT2D eigenvalue weighted by atomic mass is 9.62. The van der Waals surface area contributed by atoms with E-state index in [4.69, 9.17) is 4.43 Å². The molecule has 0 aliphatic heterocycles. The molecule has 5 heteroatoms. The van der Waals surface area contributed by atoms with Crippen LogP contribution >= 0.6 is 0 Å². The van der Waals surface area contributed by atoms with Crippen molar-refractivity contribution in [2.75, 3.05) is 13.2 Å². The first-order chi connectivity index (χ1) is 9.88. The maximum Gasteiger partial charge on any atom is 0.191 e. The van der Waals surface area contributed by atoms with Crippen molar-refractivity contribution >= 4 is 8.32 Å². The second-order valence-corrected chi connectivity index (χ2v) is 13.2. The highest BCUT2D eigenvalue weighted by Gasteiger charge is 2.50. The van der Waals surface area contributed by atoms with Crippen LogP contribution in [0.5, 0.6) is 0 Å². The van der Waals surface area contributed by atoms with Gasteiger partial charge in [-0.2, -0.15) is 0 Å². The van der Waals surface area contributed by atoms with Crippen LogP contribution in [0.15, 0.2) is 12.2 Å². The van der Waals surface area contributed by atoms with E-state index in [1.165, 1.54) is 0 Å². The van der Waals surface area contributed by atoms with Gasteiger partial charge in [0, 0.05) is 12.0 Å². The lowest BCUT2D eigenvalue weighted by molar-refractivity contribution is -0.119. The molecule has 1 aliphatic carbocycles. The molecule has 0 spiro atoms. The van der Waals surface area contributed by atoms with Crippen LogP contribution in [0.2, 0.25) is 18.1 Å². The molecule has 22 heavy (non-hydrogen) atoms. The summed E-state index contributed by atoms with van der Waals surface area (Å²) in [6.07, 6.45) is 1.96. The van der Waals surface area contributed by atoms with E-state index in [1.54, 1.807) is 6.08 Å². The third kappa shape index (κ3) is 3.65. The summed E-state index contributed by atoms with van der Waals surface area (Å²) in [5.41, 5.74) is -0.800. The topological polar surface area (TPSA) is 69.9 Å². The van der Waals surface area contributed by atoms with Crippen molar-refractivity contribution in [1.82, 2.24) is 0 Å². The maximum atomic E-state index is 10.4. The van der Waals surface area contributed by atoms with Gasteiger partial charge in [0.25, 0.3) is 0 Å². The first-order valence-corrected chi connectivity index (χ1v) is 11.1. The highest BCUT2D eigenvalue weighted by Crippen LogP contribution is 2.45. The van der Waals surface area contributed by atoms with Gasteiger partial charge in [0.05, 0.1) is 18.8 Å². The highest BCUT2D eigenvalue weighted by molar-refractivity contribution is 6.74. The van der Waals surface area contributed by atoms with Crippen LogP contribution in [0, 0.1) is 17.3 Å². The Hall–Kier alpha value is -0.203. The number of allylic oxidation sites excluding steroid dienone is 1. The molecule has 3 N–H and O–H groups in total. The summed E-state index contributed by atoms with van der Waals surface area (Å²) in [7, 11) is -1.90. The van der Waals surface area contributed by atoms with Crippen LogP contribution in [0.4, 0.5) is 0 Å². The molecule has 0 radical (unpaired) electrons. The van der Waals surface area contributed by atoms with Crippen LogP contribution in [0.25, 0.3) is 0 Å². The summed E-state index contributed by atoms with van der Waals surface area (Å²) in [4.78, 5) is 0. The quantitative estimate of drug-likeness (QED) is 0.535. The van der Waals surface area contributed by atoms with Crippen molar-refractivity contribution in [3.8, 4) is 0 Å². The lowest BCUT2D eigenvalue weighted by Crippen LogP contribution is -2.55. The molecular formula is C17H34O4Si. The molecule has 0 aromatic carbocycles. The fourth-order valence-corrected chi connectivity index (χ4v) is 3.92. The number of hydrogen-bond acceptors (Lipinski definition) is 4. The minimum Gasteiger partial charge on any atom is -0.417 e. The average Bonchev–Trinajstić information content (AvgIpc) is 2.40. The minimum absolute atomic E-state index is 0.0382. The molecular weight excluding hydrogens is 296 g/mol. The number of aliphatic hydroxyl groups is 3. The number of aliphatic hydroxyl groups excluding tert-OH is 3. The van der Waals surface area contributed by atoms with E-state index in [-0.39, 0.29) is 23.5 Å². The van der Waals surface area contributed by atoms with Gasteiger partial charge in [-0.15, -0.1) is 0 Å². The van der Waals surface area contributed by atoms with E-state index in [9.17, 15) is 15.3 Å². The Morgan fingerprint density at radius 3 is 2.27 bits per heavy atom.